The first-order chi connectivity index (χ1) is 12.1. The number of piperidine rings is 1. The molecule has 2 fully saturated rings. The summed E-state index contributed by atoms with van der Waals surface area (Å²) in [4.78, 5) is 2.39. The summed E-state index contributed by atoms with van der Waals surface area (Å²) in [7, 11) is 4.70. The van der Waals surface area contributed by atoms with Crippen molar-refractivity contribution in [1.29, 1.82) is 5.26 Å². The van der Waals surface area contributed by atoms with Crippen LogP contribution in [0.2, 0.25) is 0 Å². The van der Waals surface area contributed by atoms with Crippen molar-refractivity contribution in [3.8, 4) is 6.07 Å². The van der Waals surface area contributed by atoms with Gasteiger partial charge in [0.15, 0.2) is 0 Å². The average Bonchev–Trinajstić information content (AvgIpc) is 3.27. The molecular weight excluding hydrogens is 428 g/mol. The Kier molecular flexibility index (Phi) is 5.96. The van der Waals surface area contributed by atoms with E-state index in [1.807, 2.05) is 0 Å². The minimum Gasteiger partial charge on any atom is -1.00 e. The lowest BCUT2D eigenvalue weighted by Gasteiger charge is -2.53. The van der Waals surface area contributed by atoms with E-state index in [2.05, 4.69) is 55.2 Å². The van der Waals surface area contributed by atoms with Crippen LogP contribution in [-0.2, 0) is 10.2 Å². The maximum absolute atomic E-state index is 10.3. The summed E-state index contributed by atoms with van der Waals surface area (Å²) in [6.45, 7) is 1.72. The Hall–Kier alpha value is -0.710. The number of thiophene rings is 2. The molecule has 2 aliphatic rings. The summed E-state index contributed by atoms with van der Waals surface area (Å²) in [6.07, 6.45) is 3.24. The molecule has 0 radical (unpaired) electrons. The fraction of sp³-hybridized carbons (Fsp3) is 0.550. The van der Waals surface area contributed by atoms with Crippen molar-refractivity contribution in [2.75, 3.05) is 27.3 Å². The molecule has 0 amide bonds. The molecule has 6 heteroatoms. The normalized spacial score (nSPS) is 27.3. The monoisotopic (exact) mass is 452 g/mol. The fourth-order valence-corrected chi connectivity index (χ4v) is 6.56. The van der Waals surface area contributed by atoms with E-state index in [0.717, 1.165) is 37.0 Å². The first kappa shape index (κ1) is 20.0. The van der Waals surface area contributed by atoms with Crippen molar-refractivity contribution in [1.82, 2.24) is 0 Å². The zero-order chi connectivity index (χ0) is 17.5. The maximum Gasteiger partial charge on any atom is 0.126 e. The van der Waals surface area contributed by atoms with Gasteiger partial charge >= 0.3 is 0 Å². The van der Waals surface area contributed by atoms with Gasteiger partial charge in [-0.2, -0.15) is 5.26 Å². The van der Waals surface area contributed by atoms with Crippen LogP contribution >= 0.6 is 22.7 Å². The van der Waals surface area contributed by atoms with Crippen molar-refractivity contribution >= 4 is 22.7 Å². The smallest absolute Gasteiger partial charge is 0.126 e. The molecule has 0 aromatic carbocycles. The van der Waals surface area contributed by atoms with E-state index >= 15 is 0 Å². The van der Waals surface area contributed by atoms with Crippen LogP contribution in [0.4, 0.5) is 0 Å². The van der Waals surface area contributed by atoms with E-state index in [1.54, 1.807) is 22.7 Å². The van der Waals surface area contributed by atoms with E-state index in [9.17, 15) is 5.26 Å². The summed E-state index contributed by atoms with van der Waals surface area (Å²) in [5.41, 5.74) is -0.489. The number of halogens is 1. The number of likely N-dealkylation sites (N-methyl/N-ethyl adjacent to an activating group) is 1. The molecule has 2 aromatic heterocycles. The Morgan fingerprint density at radius 1 is 1.12 bits per heavy atom. The van der Waals surface area contributed by atoms with Gasteiger partial charge in [0.25, 0.3) is 0 Å². The molecule has 1 unspecified atom stereocenters. The zero-order valence-electron chi connectivity index (χ0n) is 15.2. The van der Waals surface area contributed by atoms with Crippen LogP contribution in [0.5, 0.6) is 0 Å². The van der Waals surface area contributed by atoms with Gasteiger partial charge in [-0.15, -0.1) is 22.7 Å². The van der Waals surface area contributed by atoms with Crippen LogP contribution in [0.3, 0.4) is 0 Å². The quantitative estimate of drug-likeness (QED) is 0.654. The van der Waals surface area contributed by atoms with Crippen molar-refractivity contribution in [2.24, 2.45) is 5.92 Å². The summed E-state index contributed by atoms with van der Waals surface area (Å²) < 4.78 is 6.92. The van der Waals surface area contributed by atoms with Gasteiger partial charge in [-0.25, -0.2) is 0 Å². The second kappa shape index (κ2) is 7.73. The standard InChI is InChI=1S/C20H25N2OS2.BrH/c1-22(2)16-9-15(10-17(22)13-23-12-16)11-20(14-21,18-5-3-7-24-18)19-6-4-8-25-19;/h3-8,15-17H,9-13H2,1-2H3;1H/q+1;/p-1/t15?,16-,17+;. The van der Waals surface area contributed by atoms with Crippen molar-refractivity contribution in [2.45, 2.75) is 36.8 Å². The number of hydrogen-bond acceptors (Lipinski definition) is 4. The fourth-order valence-electron chi connectivity index (χ4n) is 4.69. The lowest BCUT2D eigenvalue weighted by atomic mass is 9.71. The number of ether oxygens (including phenoxy) is 1. The van der Waals surface area contributed by atoms with Crippen LogP contribution in [0.25, 0.3) is 0 Å². The van der Waals surface area contributed by atoms with Gasteiger partial charge in [0, 0.05) is 22.6 Å². The van der Waals surface area contributed by atoms with Crippen LogP contribution in [0, 0.1) is 17.2 Å². The average molecular weight is 453 g/mol. The van der Waals surface area contributed by atoms with Crippen LogP contribution in [0.1, 0.15) is 29.0 Å². The Balaban J connectivity index is 0.00000196. The highest BCUT2D eigenvalue weighted by Crippen LogP contribution is 2.46. The number of nitriles is 1. The number of fused-ring (bicyclic) bond motifs is 2. The van der Waals surface area contributed by atoms with Crippen molar-refractivity contribution < 1.29 is 26.2 Å². The third-order valence-electron chi connectivity index (χ3n) is 6.38. The lowest BCUT2D eigenvalue weighted by Crippen LogP contribution is -3.00. The molecule has 140 valence electrons. The van der Waals surface area contributed by atoms with E-state index in [0.29, 0.717) is 18.0 Å². The molecule has 3 atom stereocenters. The van der Waals surface area contributed by atoms with Crippen LogP contribution in [0.15, 0.2) is 35.0 Å². The first-order valence-electron chi connectivity index (χ1n) is 8.96. The minimum absolute atomic E-state index is 0. The summed E-state index contributed by atoms with van der Waals surface area (Å²) in [6, 6.07) is 12.3. The highest BCUT2D eigenvalue weighted by atomic mass is 79.9. The molecule has 0 N–H and O–H groups in total. The Labute approximate surface area is 174 Å². The highest BCUT2D eigenvalue weighted by Gasteiger charge is 2.49. The van der Waals surface area contributed by atoms with Crippen LogP contribution < -0.4 is 17.0 Å². The molecular formula is C20H25BrN2OS2. The van der Waals surface area contributed by atoms with E-state index < -0.39 is 5.41 Å². The maximum atomic E-state index is 10.3. The molecule has 0 saturated carbocycles. The molecule has 2 aromatic rings. The van der Waals surface area contributed by atoms with E-state index in [-0.39, 0.29) is 17.0 Å². The summed E-state index contributed by atoms with van der Waals surface area (Å²) >= 11 is 3.44. The molecule has 0 spiro atoms. The number of rotatable bonds is 4. The largest absolute Gasteiger partial charge is 1.00 e. The molecule has 3 nitrogen and oxygen atoms in total. The first-order valence-corrected chi connectivity index (χ1v) is 10.7. The summed E-state index contributed by atoms with van der Waals surface area (Å²) in [5, 5.41) is 14.5. The van der Waals surface area contributed by atoms with Gasteiger partial charge in [0.1, 0.15) is 17.5 Å². The van der Waals surface area contributed by atoms with Crippen LogP contribution in [-0.4, -0.2) is 43.9 Å². The zero-order valence-corrected chi connectivity index (χ0v) is 18.4. The molecule has 4 rings (SSSR count). The molecule has 2 bridgehead atoms. The SMILES string of the molecule is C[N+]1(C)[C@@H]2COC[C@H]1CC(CC(C#N)(c1cccs1)c1cccs1)C2.[Br-]. The van der Waals surface area contributed by atoms with Crippen molar-refractivity contribution in [3.63, 3.8) is 0 Å². The second-order valence-corrected chi connectivity index (χ2v) is 9.88. The molecule has 2 aliphatic heterocycles. The predicted octanol–water partition coefficient (Wildman–Crippen LogP) is 1.27. The number of hydrogen-bond donors (Lipinski definition) is 0. The number of nitrogens with zero attached hydrogens (tertiary/aromatic N) is 2. The number of quaternary nitrogens is 1. The van der Waals surface area contributed by atoms with Gasteiger partial charge < -0.3 is 26.2 Å². The van der Waals surface area contributed by atoms with Crippen molar-refractivity contribution in [3.05, 3.63) is 44.8 Å². The predicted molar refractivity (Wildman–Crippen MR) is 103 cm³/mol. The van der Waals surface area contributed by atoms with E-state index in [1.165, 1.54) is 9.75 Å². The molecule has 4 heterocycles. The molecule has 0 aliphatic carbocycles. The minimum atomic E-state index is -0.489. The Morgan fingerprint density at radius 2 is 1.65 bits per heavy atom. The van der Waals surface area contributed by atoms with Gasteiger partial charge in [0.05, 0.1) is 33.4 Å². The Bertz CT molecular complexity index is 701. The third-order valence-corrected chi connectivity index (χ3v) is 8.45. The van der Waals surface area contributed by atoms with Gasteiger partial charge in [0.2, 0.25) is 0 Å². The van der Waals surface area contributed by atoms with E-state index in [4.69, 9.17) is 4.74 Å². The van der Waals surface area contributed by atoms with Gasteiger partial charge in [-0.3, -0.25) is 0 Å². The molecule has 2 saturated heterocycles. The Morgan fingerprint density at radius 3 is 2.08 bits per heavy atom. The van der Waals surface area contributed by atoms with Gasteiger partial charge in [-0.05, 0) is 35.2 Å². The molecule has 26 heavy (non-hydrogen) atoms. The third kappa shape index (κ3) is 3.29. The lowest BCUT2D eigenvalue weighted by molar-refractivity contribution is -0.953. The second-order valence-electron chi connectivity index (χ2n) is 7.99. The van der Waals surface area contributed by atoms with Gasteiger partial charge in [-0.1, -0.05) is 12.1 Å². The highest BCUT2D eigenvalue weighted by molar-refractivity contribution is 7.11. The number of morpholine rings is 1. The topological polar surface area (TPSA) is 33.0 Å². The summed E-state index contributed by atoms with van der Waals surface area (Å²) in [5.74, 6) is 0.578.